The van der Waals surface area contributed by atoms with Crippen molar-refractivity contribution in [3.63, 3.8) is 0 Å². The SMILES string of the molecule is O=C(CN1CCCc2ccccc21)c1cnn2c(-c3ccccc3)cc(-c3ccccc3)nc12. The number of aromatic nitrogens is 3. The number of rotatable bonds is 5. The predicted octanol–water partition coefficient (Wildman–Crippen LogP) is 5.70. The minimum atomic E-state index is 0.0310. The molecule has 1 aliphatic rings. The highest BCUT2D eigenvalue weighted by molar-refractivity contribution is 6.04. The number of fused-ring (bicyclic) bond motifs is 2. The Hall–Kier alpha value is -4.25. The first kappa shape index (κ1) is 20.4. The quantitative estimate of drug-likeness (QED) is 0.326. The van der Waals surface area contributed by atoms with Crippen LogP contribution >= 0.6 is 0 Å². The summed E-state index contributed by atoms with van der Waals surface area (Å²) in [6.07, 6.45) is 3.77. The Morgan fingerprint density at radius 2 is 1.56 bits per heavy atom. The molecule has 0 saturated heterocycles. The number of para-hydroxylation sites is 1. The normalized spacial score (nSPS) is 13.1. The molecule has 166 valence electrons. The molecule has 1 aliphatic heterocycles. The smallest absolute Gasteiger partial charge is 0.187 e. The van der Waals surface area contributed by atoms with E-state index in [4.69, 9.17) is 4.98 Å². The summed E-state index contributed by atoms with van der Waals surface area (Å²) in [6.45, 7) is 1.19. The lowest BCUT2D eigenvalue weighted by atomic mass is 10.0. The number of carbonyl (C=O) groups excluding carboxylic acids is 1. The highest BCUT2D eigenvalue weighted by Gasteiger charge is 2.23. The maximum Gasteiger partial charge on any atom is 0.187 e. The zero-order chi connectivity index (χ0) is 22.9. The largest absolute Gasteiger partial charge is 0.364 e. The van der Waals surface area contributed by atoms with Crippen LogP contribution in [0.1, 0.15) is 22.3 Å². The maximum absolute atomic E-state index is 13.6. The van der Waals surface area contributed by atoms with Crippen molar-refractivity contribution in [1.29, 1.82) is 0 Å². The van der Waals surface area contributed by atoms with Gasteiger partial charge in [-0.25, -0.2) is 9.50 Å². The number of hydrogen-bond acceptors (Lipinski definition) is 4. The lowest BCUT2D eigenvalue weighted by Crippen LogP contribution is -2.34. The predicted molar refractivity (Wildman–Crippen MR) is 135 cm³/mol. The molecule has 34 heavy (non-hydrogen) atoms. The van der Waals surface area contributed by atoms with Gasteiger partial charge in [-0.1, -0.05) is 78.9 Å². The van der Waals surface area contributed by atoms with Gasteiger partial charge in [-0.3, -0.25) is 4.79 Å². The molecule has 3 aromatic carbocycles. The first-order chi connectivity index (χ1) is 16.8. The van der Waals surface area contributed by atoms with Gasteiger partial charge in [0.1, 0.15) is 0 Å². The van der Waals surface area contributed by atoms with Crippen molar-refractivity contribution in [2.45, 2.75) is 12.8 Å². The maximum atomic E-state index is 13.6. The molecule has 0 radical (unpaired) electrons. The molecule has 2 aromatic heterocycles. The molecular weight excluding hydrogens is 420 g/mol. The Bertz CT molecular complexity index is 1470. The highest BCUT2D eigenvalue weighted by atomic mass is 16.1. The second-order valence-electron chi connectivity index (χ2n) is 8.63. The van der Waals surface area contributed by atoms with Crippen molar-refractivity contribution in [2.24, 2.45) is 0 Å². The number of ketones is 1. The van der Waals surface area contributed by atoms with Crippen LogP contribution in [0.15, 0.2) is 97.2 Å². The molecule has 5 heteroatoms. The number of nitrogens with zero attached hydrogens (tertiary/aromatic N) is 4. The Kier molecular flexibility index (Phi) is 5.15. The summed E-state index contributed by atoms with van der Waals surface area (Å²) in [5.74, 6) is 0.0310. The second-order valence-corrected chi connectivity index (χ2v) is 8.63. The molecule has 0 unspecified atom stereocenters. The minimum absolute atomic E-state index is 0.0310. The Balaban J connectivity index is 1.44. The van der Waals surface area contributed by atoms with Crippen LogP contribution in [0.5, 0.6) is 0 Å². The molecule has 0 fully saturated rings. The summed E-state index contributed by atoms with van der Waals surface area (Å²) in [7, 11) is 0. The van der Waals surface area contributed by atoms with Crippen LogP contribution in [0.25, 0.3) is 28.2 Å². The third-order valence-electron chi connectivity index (χ3n) is 6.45. The average molecular weight is 445 g/mol. The van der Waals surface area contributed by atoms with E-state index in [1.54, 1.807) is 10.7 Å². The van der Waals surface area contributed by atoms with Gasteiger partial charge in [0.05, 0.1) is 29.7 Å². The van der Waals surface area contributed by atoms with Gasteiger partial charge >= 0.3 is 0 Å². The molecule has 0 spiro atoms. The zero-order valence-corrected chi connectivity index (χ0v) is 18.8. The van der Waals surface area contributed by atoms with Crippen molar-refractivity contribution in [2.75, 3.05) is 18.0 Å². The van der Waals surface area contributed by atoms with Crippen molar-refractivity contribution in [3.8, 4) is 22.5 Å². The lowest BCUT2D eigenvalue weighted by molar-refractivity contribution is 0.1000. The number of aryl methyl sites for hydroxylation is 1. The van der Waals surface area contributed by atoms with E-state index in [1.165, 1.54) is 5.56 Å². The van der Waals surface area contributed by atoms with E-state index in [0.717, 1.165) is 47.6 Å². The molecule has 0 bridgehead atoms. The van der Waals surface area contributed by atoms with E-state index in [0.29, 0.717) is 17.8 Å². The number of anilines is 1. The number of Topliss-reactive ketones (excluding diaryl/α,β-unsaturated/α-hetero) is 1. The van der Waals surface area contributed by atoms with Crippen molar-refractivity contribution >= 4 is 17.1 Å². The van der Waals surface area contributed by atoms with E-state index in [2.05, 4.69) is 40.3 Å². The molecule has 0 N–H and O–H groups in total. The highest BCUT2D eigenvalue weighted by Crippen LogP contribution is 2.29. The first-order valence-electron chi connectivity index (χ1n) is 11.6. The molecule has 3 heterocycles. The Morgan fingerprint density at radius 3 is 2.35 bits per heavy atom. The van der Waals surface area contributed by atoms with Gasteiger partial charge in [0, 0.05) is 23.4 Å². The van der Waals surface area contributed by atoms with Gasteiger partial charge in [0.25, 0.3) is 0 Å². The van der Waals surface area contributed by atoms with Gasteiger partial charge in [0.15, 0.2) is 11.4 Å². The van der Waals surface area contributed by atoms with Crippen LogP contribution in [-0.4, -0.2) is 33.5 Å². The second kappa shape index (κ2) is 8.60. The Labute approximate surface area is 198 Å². The van der Waals surface area contributed by atoms with Crippen molar-refractivity contribution < 1.29 is 4.79 Å². The van der Waals surface area contributed by atoms with E-state index in [-0.39, 0.29) is 5.78 Å². The number of hydrogen-bond donors (Lipinski definition) is 0. The fourth-order valence-electron chi connectivity index (χ4n) is 4.77. The van der Waals surface area contributed by atoms with Crippen LogP contribution in [0.2, 0.25) is 0 Å². The third kappa shape index (κ3) is 3.65. The van der Waals surface area contributed by atoms with Gasteiger partial charge < -0.3 is 4.90 Å². The summed E-state index contributed by atoms with van der Waals surface area (Å²) >= 11 is 0. The molecule has 0 atom stereocenters. The Morgan fingerprint density at radius 1 is 0.853 bits per heavy atom. The monoisotopic (exact) mass is 444 g/mol. The van der Waals surface area contributed by atoms with Crippen LogP contribution in [0.3, 0.4) is 0 Å². The average Bonchev–Trinajstić information content (AvgIpc) is 3.34. The van der Waals surface area contributed by atoms with Gasteiger partial charge in [-0.2, -0.15) is 5.10 Å². The fraction of sp³-hybridized carbons (Fsp3) is 0.138. The summed E-state index contributed by atoms with van der Waals surface area (Å²) in [6, 6.07) is 30.6. The zero-order valence-electron chi connectivity index (χ0n) is 18.8. The van der Waals surface area contributed by atoms with Crippen LogP contribution in [-0.2, 0) is 6.42 Å². The van der Waals surface area contributed by atoms with Gasteiger partial charge in [-0.05, 0) is 30.5 Å². The molecule has 0 saturated carbocycles. The topological polar surface area (TPSA) is 50.5 Å². The van der Waals surface area contributed by atoms with Crippen LogP contribution < -0.4 is 4.90 Å². The van der Waals surface area contributed by atoms with E-state index in [1.807, 2.05) is 60.7 Å². The minimum Gasteiger partial charge on any atom is -0.364 e. The first-order valence-corrected chi connectivity index (χ1v) is 11.6. The summed E-state index contributed by atoms with van der Waals surface area (Å²) < 4.78 is 1.79. The van der Waals surface area contributed by atoms with Gasteiger partial charge in [-0.15, -0.1) is 0 Å². The molecular formula is C29H24N4O. The molecule has 0 amide bonds. The van der Waals surface area contributed by atoms with Crippen molar-refractivity contribution in [3.05, 3.63) is 108 Å². The fourth-order valence-corrected chi connectivity index (χ4v) is 4.77. The number of carbonyl (C=O) groups is 1. The molecule has 5 nitrogen and oxygen atoms in total. The van der Waals surface area contributed by atoms with Crippen LogP contribution in [0, 0.1) is 0 Å². The van der Waals surface area contributed by atoms with E-state index < -0.39 is 0 Å². The summed E-state index contributed by atoms with van der Waals surface area (Å²) in [5.41, 5.74) is 7.37. The van der Waals surface area contributed by atoms with E-state index in [9.17, 15) is 4.79 Å². The molecule has 5 aromatic rings. The standard InChI is InChI=1S/C29H24N4O/c34-28(20-32-17-9-15-22-14-7-8-16-26(22)32)24-19-30-33-27(23-12-5-2-6-13-23)18-25(31-29(24)33)21-10-3-1-4-11-21/h1-8,10-14,16,18-19H,9,15,17,20H2. The van der Waals surface area contributed by atoms with E-state index >= 15 is 0 Å². The molecule has 0 aliphatic carbocycles. The third-order valence-corrected chi connectivity index (χ3v) is 6.45. The van der Waals surface area contributed by atoms with Gasteiger partial charge in [0.2, 0.25) is 0 Å². The summed E-state index contributed by atoms with van der Waals surface area (Å²) in [4.78, 5) is 20.7. The van der Waals surface area contributed by atoms with Crippen LogP contribution in [0.4, 0.5) is 5.69 Å². The number of benzene rings is 3. The lowest BCUT2D eigenvalue weighted by Gasteiger charge is -2.30. The molecule has 6 rings (SSSR count). The van der Waals surface area contributed by atoms with Crippen molar-refractivity contribution in [1.82, 2.24) is 14.6 Å². The summed E-state index contributed by atoms with van der Waals surface area (Å²) in [5, 5.41) is 4.60.